The highest BCUT2D eigenvalue weighted by Crippen LogP contribution is 2.86. The largest absolute Gasteiger partial charge is 0.386 e. The summed E-state index contributed by atoms with van der Waals surface area (Å²) in [6.07, 6.45) is 0.479. The third kappa shape index (κ3) is 1.66. The van der Waals surface area contributed by atoms with Gasteiger partial charge >= 0.3 is 0 Å². The van der Waals surface area contributed by atoms with Gasteiger partial charge in [-0.2, -0.15) is 10.5 Å². The quantitative estimate of drug-likeness (QED) is 0.772. The molecule has 0 amide bonds. The molecule has 3 rings (SSSR count). The van der Waals surface area contributed by atoms with Gasteiger partial charge in [0.25, 0.3) is 5.91 Å². The van der Waals surface area contributed by atoms with Crippen LogP contribution >= 0.6 is 11.6 Å². The zero-order chi connectivity index (χ0) is 19.2. The Labute approximate surface area is 158 Å². The van der Waals surface area contributed by atoms with Crippen LogP contribution in [-0.2, 0) is 14.9 Å². The maximum Gasteiger partial charge on any atom is 0.293 e. The summed E-state index contributed by atoms with van der Waals surface area (Å²) in [5.74, 6) is -1.55. The second-order valence-electron chi connectivity index (χ2n) is 6.44. The molecule has 0 unspecified atom stereocenters. The summed E-state index contributed by atoms with van der Waals surface area (Å²) in [5, 5.41) is 21.1. The van der Waals surface area contributed by atoms with Crippen LogP contribution in [0.5, 0.6) is 0 Å². The number of benzene rings is 1. The van der Waals surface area contributed by atoms with E-state index in [0.29, 0.717) is 11.4 Å². The van der Waals surface area contributed by atoms with Gasteiger partial charge in [-0.3, -0.25) is 0 Å². The van der Waals surface area contributed by atoms with E-state index in [-0.39, 0.29) is 19.0 Å². The van der Waals surface area contributed by atoms with Crippen molar-refractivity contribution in [2.45, 2.75) is 38.5 Å². The summed E-state index contributed by atoms with van der Waals surface area (Å²) < 4.78 is 11.8. The van der Waals surface area contributed by atoms with Crippen molar-refractivity contribution in [1.82, 2.24) is 0 Å². The van der Waals surface area contributed by atoms with E-state index in [2.05, 4.69) is 17.1 Å². The first-order valence-corrected chi connectivity index (χ1v) is 9.03. The van der Waals surface area contributed by atoms with Crippen LogP contribution in [0.3, 0.4) is 0 Å². The molecule has 1 aromatic rings. The van der Waals surface area contributed by atoms with Crippen LogP contribution in [-0.4, -0.2) is 25.0 Å². The number of halogens is 1. The number of fused-ring (bicyclic) bond motifs is 1. The Morgan fingerprint density at radius 2 is 1.81 bits per heavy atom. The number of rotatable bonds is 6. The molecule has 0 aromatic heterocycles. The minimum atomic E-state index is -1.62. The lowest BCUT2D eigenvalue weighted by Crippen LogP contribution is -2.46. The van der Waals surface area contributed by atoms with E-state index >= 15 is 0 Å². The van der Waals surface area contributed by atoms with Crippen molar-refractivity contribution >= 4 is 17.4 Å². The molecule has 0 spiro atoms. The molecule has 6 nitrogen and oxygen atoms in total. The number of nitrogens with zero attached hydrogens (tertiary/aromatic N) is 3. The minimum Gasteiger partial charge on any atom is -0.386 e. The normalized spacial score (nSPS) is 33.7. The van der Waals surface area contributed by atoms with Crippen molar-refractivity contribution in [3.05, 3.63) is 34.9 Å². The summed E-state index contributed by atoms with van der Waals surface area (Å²) in [5.41, 5.74) is 3.38. The maximum atomic E-state index is 10.3. The Morgan fingerprint density at radius 1 is 1.15 bits per heavy atom. The molecule has 2 aliphatic rings. The highest BCUT2D eigenvalue weighted by atomic mass is 35.5. The fourth-order valence-electron chi connectivity index (χ4n) is 4.99. The van der Waals surface area contributed by atoms with Gasteiger partial charge in [0.1, 0.15) is 5.84 Å². The van der Waals surface area contributed by atoms with Crippen molar-refractivity contribution in [3.63, 3.8) is 0 Å². The van der Waals surface area contributed by atoms with Gasteiger partial charge in [0, 0.05) is 18.2 Å². The number of hydrogen-bond donors (Lipinski definition) is 1. The highest BCUT2D eigenvalue weighted by Gasteiger charge is 3.00. The van der Waals surface area contributed by atoms with Crippen LogP contribution in [0.15, 0.2) is 29.3 Å². The molecule has 0 saturated heterocycles. The predicted molar refractivity (Wildman–Crippen MR) is 97.1 cm³/mol. The summed E-state index contributed by atoms with van der Waals surface area (Å²) >= 11 is 6.21. The lowest BCUT2D eigenvalue weighted by atomic mass is 9.80. The molecule has 1 aliphatic carbocycles. The molecule has 2 N–H and O–H groups in total. The van der Waals surface area contributed by atoms with Crippen LogP contribution in [0.2, 0.25) is 5.02 Å². The van der Waals surface area contributed by atoms with Gasteiger partial charge in [0.15, 0.2) is 10.8 Å². The van der Waals surface area contributed by atoms with Gasteiger partial charge in [-0.05, 0) is 38.0 Å². The minimum absolute atomic E-state index is 0.0743. The van der Waals surface area contributed by atoms with Crippen molar-refractivity contribution in [3.8, 4) is 12.1 Å². The molecular weight excluding hydrogens is 352 g/mol. The maximum absolute atomic E-state index is 10.3. The van der Waals surface area contributed by atoms with Crippen LogP contribution in [0.4, 0.5) is 0 Å². The zero-order valence-electron chi connectivity index (χ0n) is 15.0. The lowest BCUT2D eigenvalue weighted by Gasteiger charge is -2.35. The van der Waals surface area contributed by atoms with Crippen molar-refractivity contribution < 1.29 is 9.47 Å². The average Bonchev–Trinajstić information content (AvgIpc) is 3.13. The number of hydrogen-bond acceptors (Lipinski definition) is 6. The molecule has 1 saturated carbocycles. The zero-order valence-corrected chi connectivity index (χ0v) is 15.8. The number of amidine groups is 1. The topological polar surface area (TPSA) is 104 Å². The molecule has 26 heavy (non-hydrogen) atoms. The van der Waals surface area contributed by atoms with Crippen LogP contribution in [0, 0.1) is 33.5 Å². The Hall–Kier alpha value is -2.12. The fraction of sp³-hybridized carbons (Fsp3) is 0.526. The summed E-state index contributed by atoms with van der Waals surface area (Å²) in [4.78, 5) is 4.38. The smallest absolute Gasteiger partial charge is 0.293 e. The van der Waals surface area contributed by atoms with E-state index in [9.17, 15) is 10.5 Å². The van der Waals surface area contributed by atoms with E-state index in [4.69, 9.17) is 26.8 Å². The average molecular weight is 373 g/mol. The van der Waals surface area contributed by atoms with E-state index in [1.165, 1.54) is 0 Å². The van der Waals surface area contributed by atoms with Crippen LogP contribution in [0.25, 0.3) is 0 Å². The first-order chi connectivity index (χ1) is 12.4. The third-order valence-electron chi connectivity index (χ3n) is 5.77. The first-order valence-electron chi connectivity index (χ1n) is 8.65. The first kappa shape index (κ1) is 18.7. The van der Waals surface area contributed by atoms with Crippen LogP contribution in [0.1, 0.15) is 32.8 Å². The molecule has 136 valence electrons. The fourth-order valence-corrected chi connectivity index (χ4v) is 5.18. The Morgan fingerprint density at radius 3 is 2.27 bits per heavy atom. The van der Waals surface area contributed by atoms with E-state index in [0.717, 1.165) is 5.56 Å². The van der Waals surface area contributed by atoms with Gasteiger partial charge < -0.3 is 15.2 Å². The molecule has 7 heteroatoms. The molecule has 3 atom stereocenters. The standard InChI is InChI=1S/C19H21ClN4O2/c1-4-16(13-8-7-9-14(20)10-13)17(11-21)15(23)24-19(25-5-2,26-6-3)18(16,17)12-22/h7-10H,4-6H2,1-3H3,(H2,23,24)/t16-,17+,18-/m1/s1. The Balaban J connectivity index is 2.37. The van der Waals surface area contributed by atoms with Gasteiger partial charge in [-0.25, -0.2) is 4.99 Å². The van der Waals surface area contributed by atoms with Gasteiger partial charge in [-0.1, -0.05) is 30.7 Å². The SMILES string of the molecule is CCOC1(OCC)N=C(N)[C@@]2(C#N)[C@@](CC)(c3cccc(Cl)c3)[C@@]12C#N. The number of nitrogens with two attached hydrogens (primary N) is 1. The number of nitriles is 2. The number of aliphatic imine (C=N–C) groups is 1. The molecule has 1 aromatic carbocycles. The van der Waals surface area contributed by atoms with E-state index < -0.39 is 22.2 Å². The monoisotopic (exact) mass is 372 g/mol. The molecule has 1 fully saturated rings. The number of ether oxygens (including phenoxy) is 2. The summed E-state index contributed by atoms with van der Waals surface area (Å²) in [6, 6.07) is 11.8. The highest BCUT2D eigenvalue weighted by molar-refractivity contribution is 6.30. The van der Waals surface area contributed by atoms with Gasteiger partial charge in [0.2, 0.25) is 0 Å². The summed E-state index contributed by atoms with van der Waals surface area (Å²) in [6.45, 7) is 6.03. The van der Waals surface area contributed by atoms with E-state index in [1.54, 1.807) is 32.0 Å². The lowest BCUT2D eigenvalue weighted by molar-refractivity contribution is -0.258. The van der Waals surface area contributed by atoms with Crippen molar-refractivity contribution in [1.29, 1.82) is 10.5 Å². The summed E-state index contributed by atoms with van der Waals surface area (Å²) in [7, 11) is 0. The molecule has 1 heterocycles. The molecule has 0 radical (unpaired) electrons. The Bertz CT molecular complexity index is 852. The second kappa shape index (κ2) is 5.96. The van der Waals surface area contributed by atoms with Gasteiger partial charge in [-0.15, -0.1) is 0 Å². The van der Waals surface area contributed by atoms with Crippen molar-refractivity contribution in [2.24, 2.45) is 21.6 Å². The van der Waals surface area contributed by atoms with E-state index in [1.807, 2.05) is 13.0 Å². The van der Waals surface area contributed by atoms with Crippen LogP contribution < -0.4 is 5.73 Å². The van der Waals surface area contributed by atoms with Crippen molar-refractivity contribution in [2.75, 3.05) is 13.2 Å². The molecule has 1 aliphatic heterocycles. The molecule has 0 bridgehead atoms. The second-order valence-corrected chi connectivity index (χ2v) is 6.87. The predicted octanol–water partition coefficient (Wildman–Crippen LogP) is 3.12. The van der Waals surface area contributed by atoms with Gasteiger partial charge in [0.05, 0.1) is 17.6 Å². The third-order valence-corrected chi connectivity index (χ3v) is 6.00. The Kier molecular flexibility index (Phi) is 4.28. The molecular formula is C19H21ClN4O2.